The van der Waals surface area contributed by atoms with Gasteiger partial charge < -0.3 is 25.1 Å². The number of rotatable bonds is 6. The van der Waals surface area contributed by atoms with Crippen LogP contribution in [0.15, 0.2) is 36.7 Å². The van der Waals surface area contributed by atoms with Crippen molar-refractivity contribution in [3.63, 3.8) is 0 Å². The van der Waals surface area contributed by atoms with Crippen molar-refractivity contribution in [1.82, 2.24) is 9.55 Å². The van der Waals surface area contributed by atoms with Crippen molar-refractivity contribution in [2.45, 2.75) is 19.4 Å². The Morgan fingerprint density at radius 1 is 1.30 bits per heavy atom. The molecule has 1 aromatic heterocycles. The van der Waals surface area contributed by atoms with Crippen LogP contribution in [-0.2, 0) is 23.2 Å². The molecule has 0 bridgehead atoms. The van der Waals surface area contributed by atoms with Gasteiger partial charge in [-0.2, -0.15) is 0 Å². The highest BCUT2D eigenvalue weighted by Gasteiger charge is 2.38. The van der Waals surface area contributed by atoms with Crippen molar-refractivity contribution in [3.8, 4) is 5.75 Å². The smallest absolute Gasteiger partial charge is 0.232 e. The van der Waals surface area contributed by atoms with Crippen LogP contribution in [0.2, 0.25) is 0 Å². The quantitative estimate of drug-likeness (QED) is 0.754. The number of hydrogen-bond donors (Lipinski definition) is 2. The number of carbonyl (C=O) groups is 1. The Morgan fingerprint density at radius 3 is 2.52 bits per heavy atom. The second-order valence-corrected chi connectivity index (χ2v) is 6.32. The number of amides is 1. The zero-order valence-electron chi connectivity index (χ0n) is 15.2. The number of aromatic nitrogens is 2. The first-order chi connectivity index (χ1) is 12.1. The number of nitrogens with two attached hydrogens (primary N) is 1. The highest BCUT2D eigenvalue weighted by molar-refractivity contribution is 5.95. The van der Waals surface area contributed by atoms with Crippen LogP contribution in [-0.4, -0.2) is 35.2 Å². The van der Waals surface area contributed by atoms with Gasteiger partial charge in [-0.25, -0.2) is 4.98 Å². The van der Waals surface area contributed by atoms with E-state index in [9.17, 15) is 4.79 Å². The molecule has 0 spiro atoms. The molecule has 1 amide bonds. The maximum Gasteiger partial charge on any atom is 0.232 e. The maximum atomic E-state index is 12.6. The van der Waals surface area contributed by atoms with Crippen LogP contribution < -0.4 is 15.8 Å². The van der Waals surface area contributed by atoms with Crippen LogP contribution >= 0.6 is 24.8 Å². The molecule has 3 rings (SSSR count). The molecular formula is C18H26Cl2N4O3. The lowest BCUT2D eigenvalue weighted by atomic mass is 9.79. The Balaban J connectivity index is 0.00000182. The molecule has 1 saturated heterocycles. The third-order valence-electron chi connectivity index (χ3n) is 4.72. The standard InChI is InChI=1S/C18H24N4O3.2ClH/c1-22-9-8-20-16(22)12-25-15-4-2-14(3-5-15)21-17(23)18(13-19)6-10-24-11-7-18;;/h2-5,8-9H,6-7,10-13,19H2,1H3,(H,21,23);2*1H. The number of nitrogens with one attached hydrogen (secondary N) is 1. The number of imidazole rings is 1. The third-order valence-corrected chi connectivity index (χ3v) is 4.72. The van der Waals surface area contributed by atoms with Gasteiger partial charge in [0.2, 0.25) is 5.91 Å². The molecule has 0 radical (unpaired) electrons. The topological polar surface area (TPSA) is 91.4 Å². The number of nitrogens with zero attached hydrogens (tertiary/aromatic N) is 2. The molecule has 27 heavy (non-hydrogen) atoms. The molecule has 150 valence electrons. The van der Waals surface area contributed by atoms with E-state index in [4.69, 9.17) is 15.2 Å². The van der Waals surface area contributed by atoms with E-state index in [1.165, 1.54) is 0 Å². The van der Waals surface area contributed by atoms with Crippen molar-refractivity contribution in [2.24, 2.45) is 18.2 Å². The summed E-state index contributed by atoms with van der Waals surface area (Å²) >= 11 is 0. The molecule has 7 nitrogen and oxygen atoms in total. The largest absolute Gasteiger partial charge is 0.486 e. The number of anilines is 1. The van der Waals surface area contributed by atoms with Crippen molar-refractivity contribution in [1.29, 1.82) is 0 Å². The lowest BCUT2D eigenvalue weighted by Crippen LogP contribution is -2.46. The summed E-state index contributed by atoms with van der Waals surface area (Å²) in [7, 11) is 1.92. The van der Waals surface area contributed by atoms with Gasteiger partial charge in [-0.05, 0) is 37.1 Å². The predicted molar refractivity (Wildman–Crippen MR) is 109 cm³/mol. The van der Waals surface area contributed by atoms with Gasteiger partial charge in [0.1, 0.15) is 18.2 Å². The molecule has 1 aliphatic rings. The predicted octanol–water partition coefficient (Wildman–Crippen LogP) is 2.54. The fraction of sp³-hybridized carbons (Fsp3) is 0.444. The Kier molecular flexibility index (Phi) is 9.05. The van der Waals surface area contributed by atoms with E-state index in [0.717, 1.165) is 17.3 Å². The molecule has 0 unspecified atom stereocenters. The molecule has 1 aliphatic heterocycles. The van der Waals surface area contributed by atoms with Crippen molar-refractivity contribution < 1.29 is 14.3 Å². The number of carbonyl (C=O) groups excluding carboxylic acids is 1. The lowest BCUT2D eigenvalue weighted by molar-refractivity contribution is -0.130. The van der Waals surface area contributed by atoms with E-state index in [1.54, 1.807) is 6.20 Å². The van der Waals surface area contributed by atoms with Gasteiger partial charge in [0.15, 0.2) is 0 Å². The molecule has 0 aliphatic carbocycles. The normalized spacial score (nSPS) is 15.2. The summed E-state index contributed by atoms with van der Waals surface area (Å²) in [4.78, 5) is 16.9. The minimum atomic E-state index is -0.536. The third kappa shape index (κ3) is 5.59. The van der Waals surface area contributed by atoms with Crippen molar-refractivity contribution >= 4 is 36.4 Å². The highest BCUT2D eigenvalue weighted by Crippen LogP contribution is 2.31. The molecule has 2 heterocycles. The fourth-order valence-electron chi connectivity index (χ4n) is 2.87. The van der Waals surface area contributed by atoms with E-state index in [1.807, 2.05) is 42.1 Å². The van der Waals surface area contributed by atoms with Crippen LogP contribution in [0.4, 0.5) is 5.69 Å². The van der Waals surface area contributed by atoms with Gasteiger partial charge in [0.05, 0.1) is 5.41 Å². The molecule has 1 fully saturated rings. The van der Waals surface area contributed by atoms with Gasteiger partial charge >= 0.3 is 0 Å². The molecule has 0 saturated carbocycles. The van der Waals surface area contributed by atoms with Gasteiger partial charge in [0, 0.05) is 44.9 Å². The van der Waals surface area contributed by atoms with Crippen molar-refractivity contribution in [2.75, 3.05) is 25.1 Å². The van der Waals surface area contributed by atoms with E-state index in [0.29, 0.717) is 39.2 Å². The number of halogens is 2. The average molecular weight is 417 g/mol. The first kappa shape index (κ1) is 23.2. The molecular weight excluding hydrogens is 391 g/mol. The first-order valence-corrected chi connectivity index (χ1v) is 8.41. The molecule has 3 N–H and O–H groups in total. The summed E-state index contributed by atoms with van der Waals surface area (Å²) in [6, 6.07) is 7.32. The average Bonchev–Trinajstić information content (AvgIpc) is 3.06. The number of ether oxygens (including phenoxy) is 2. The molecule has 2 aromatic rings. The number of benzene rings is 1. The van der Waals surface area contributed by atoms with Gasteiger partial charge in [0.25, 0.3) is 0 Å². The second-order valence-electron chi connectivity index (χ2n) is 6.32. The highest BCUT2D eigenvalue weighted by atomic mass is 35.5. The maximum absolute atomic E-state index is 12.6. The SMILES string of the molecule is Cl.Cl.Cn1ccnc1COc1ccc(NC(=O)C2(CN)CCOCC2)cc1. The number of hydrogen-bond acceptors (Lipinski definition) is 5. The number of aryl methyl sites for hydroxylation is 1. The van der Waals surface area contributed by atoms with Crippen LogP contribution in [0.5, 0.6) is 5.75 Å². The zero-order valence-corrected chi connectivity index (χ0v) is 16.9. The Bertz CT molecular complexity index is 716. The van der Waals surface area contributed by atoms with Crippen LogP contribution in [0.25, 0.3) is 0 Å². The molecule has 0 atom stereocenters. The van der Waals surface area contributed by atoms with E-state index in [2.05, 4.69) is 10.3 Å². The summed E-state index contributed by atoms with van der Waals surface area (Å²) in [5, 5.41) is 2.96. The van der Waals surface area contributed by atoms with Crippen LogP contribution in [0, 0.1) is 5.41 Å². The minimum absolute atomic E-state index is 0. The van der Waals surface area contributed by atoms with E-state index >= 15 is 0 Å². The Morgan fingerprint density at radius 2 is 1.96 bits per heavy atom. The molecule has 9 heteroatoms. The summed E-state index contributed by atoms with van der Waals surface area (Å²) in [6.07, 6.45) is 4.92. The summed E-state index contributed by atoms with van der Waals surface area (Å²) < 4.78 is 13.0. The first-order valence-electron chi connectivity index (χ1n) is 8.41. The van der Waals surface area contributed by atoms with Crippen LogP contribution in [0.1, 0.15) is 18.7 Å². The van der Waals surface area contributed by atoms with Crippen LogP contribution in [0.3, 0.4) is 0 Å². The van der Waals surface area contributed by atoms with Crippen molar-refractivity contribution in [3.05, 3.63) is 42.5 Å². The summed E-state index contributed by atoms with van der Waals surface area (Å²) in [5.41, 5.74) is 6.06. The summed E-state index contributed by atoms with van der Waals surface area (Å²) in [5.74, 6) is 1.53. The minimum Gasteiger partial charge on any atom is -0.486 e. The lowest BCUT2D eigenvalue weighted by Gasteiger charge is -2.34. The fourth-order valence-corrected chi connectivity index (χ4v) is 2.87. The van der Waals surface area contributed by atoms with Gasteiger partial charge in [-0.15, -0.1) is 24.8 Å². The van der Waals surface area contributed by atoms with Gasteiger partial charge in [-0.1, -0.05) is 0 Å². The Hall–Kier alpha value is -1.80. The molecule has 1 aromatic carbocycles. The monoisotopic (exact) mass is 416 g/mol. The second kappa shape index (κ2) is 10.5. The van der Waals surface area contributed by atoms with E-state index < -0.39 is 5.41 Å². The Labute approximate surface area is 171 Å². The summed E-state index contributed by atoms with van der Waals surface area (Å²) in [6.45, 7) is 1.87. The van der Waals surface area contributed by atoms with Gasteiger partial charge in [-0.3, -0.25) is 4.79 Å². The van der Waals surface area contributed by atoms with E-state index in [-0.39, 0.29) is 30.7 Å². The zero-order chi connectivity index (χ0) is 17.7.